The summed E-state index contributed by atoms with van der Waals surface area (Å²) in [7, 11) is 0. The number of ether oxygens (including phenoxy) is 1. The lowest BCUT2D eigenvalue weighted by atomic mass is 9.95. The van der Waals surface area contributed by atoms with Gasteiger partial charge in [-0.1, -0.05) is 6.92 Å². The SMILES string of the molecule is CCCNC(CO)(COc1ccc(F)cc1F)C1CC1. The molecule has 1 unspecified atom stereocenters. The Labute approximate surface area is 117 Å². The molecule has 0 amide bonds. The fraction of sp³-hybridized carbons (Fsp3) is 0.600. The van der Waals surface area contributed by atoms with Gasteiger partial charge in [-0.3, -0.25) is 0 Å². The molecule has 1 saturated carbocycles. The van der Waals surface area contributed by atoms with Crippen LogP contribution in [-0.2, 0) is 0 Å². The van der Waals surface area contributed by atoms with Crippen molar-refractivity contribution in [3.05, 3.63) is 29.8 Å². The number of hydrogen-bond acceptors (Lipinski definition) is 3. The Morgan fingerprint density at radius 1 is 1.40 bits per heavy atom. The van der Waals surface area contributed by atoms with Crippen molar-refractivity contribution in [3.8, 4) is 5.75 Å². The second-order valence-electron chi connectivity index (χ2n) is 5.38. The third-order valence-electron chi connectivity index (χ3n) is 3.75. The minimum Gasteiger partial charge on any atom is -0.488 e. The largest absolute Gasteiger partial charge is 0.488 e. The highest BCUT2D eigenvalue weighted by Gasteiger charge is 2.45. The molecule has 0 radical (unpaired) electrons. The highest BCUT2D eigenvalue weighted by molar-refractivity contribution is 5.25. The van der Waals surface area contributed by atoms with Gasteiger partial charge in [0.2, 0.25) is 0 Å². The Kier molecular flexibility index (Phi) is 4.94. The number of aliphatic hydroxyl groups is 1. The Balaban J connectivity index is 2.04. The number of halogens is 2. The first kappa shape index (κ1) is 15.2. The van der Waals surface area contributed by atoms with E-state index in [1.807, 2.05) is 6.92 Å². The van der Waals surface area contributed by atoms with Crippen LogP contribution in [-0.4, -0.2) is 30.4 Å². The molecule has 20 heavy (non-hydrogen) atoms. The summed E-state index contributed by atoms with van der Waals surface area (Å²) in [6.07, 6.45) is 3.01. The summed E-state index contributed by atoms with van der Waals surface area (Å²) < 4.78 is 31.9. The molecule has 2 N–H and O–H groups in total. The van der Waals surface area contributed by atoms with E-state index in [-0.39, 0.29) is 19.0 Å². The van der Waals surface area contributed by atoms with Gasteiger partial charge in [0.25, 0.3) is 0 Å². The second kappa shape index (κ2) is 6.50. The van der Waals surface area contributed by atoms with Crippen LogP contribution in [0.3, 0.4) is 0 Å². The highest BCUT2D eigenvalue weighted by atomic mass is 19.1. The van der Waals surface area contributed by atoms with Crippen LogP contribution in [0.15, 0.2) is 18.2 Å². The molecule has 1 atom stereocenters. The van der Waals surface area contributed by atoms with Gasteiger partial charge >= 0.3 is 0 Å². The fourth-order valence-electron chi connectivity index (χ4n) is 2.35. The lowest BCUT2D eigenvalue weighted by Crippen LogP contribution is -2.55. The average molecular weight is 285 g/mol. The summed E-state index contributed by atoms with van der Waals surface area (Å²) in [5.74, 6) is -0.983. The second-order valence-corrected chi connectivity index (χ2v) is 5.38. The van der Waals surface area contributed by atoms with Crippen molar-refractivity contribution in [1.82, 2.24) is 5.32 Å². The van der Waals surface area contributed by atoms with E-state index in [1.54, 1.807) is 0 Å². The maximum Gasteiger partial charge on any atom is 0.167 e. The maximum atomic E-state index is 13.6. The predicted molar refractivity (Wildman–Crippen MR) is 72.7 cm³/mol. The summed E-state index contributed by atoms with van der Waals surface area (Å²) in [6, 6.07) is 3.24. The van der Waals surface area contributed by atoms with Crippen molar-refractivity contribution < 1.29 is 18.6 Å². The molecule has 5 heteroatoms. The molecule has 0 saturated heterocycles. The Bertz CT molecular complexity index is 451. The molecule has 112 valence electrons. The summed E-state index contributed by atoms with van der Waals surface area (Å²) in [6.45, 7) is 2.94. The first-order chi connectivity index (χ1) is 9.61. The lowest BCUT2D eigenvalue weighted by Gasteiger charge is -2.33. The van der Waals surface area contributed by atoms with Gasteiger partial charge < -0.3 is 15.2 Å². The van der Waals surface area contributed by atoms with Crippen molar-refractivity contribution in [2.24, 2.45) is 5.92 Å². The zero-order valence-electron chi connectivity index (χ0n) is 11.7. The van der Waals surface area contributed by atoms with Crippen LogP contribution < -0.4 is 10.1 Å². The van der Waals surface area contributed by atoms with E-state index < -0.39 is 17.2 Å². The van der Waals surface area contributed by atoms with Gasteiger partial charge in [-0.05, 0) is 43.9 Å². The van der Waals surface area contributed by atoms with E-state index in [4.69, 9.17) is 4.74 Å². The van der Waals surface area contributed by atoms with E-state index >= 15 is 0 Å². The van der Waals surface area contributed by atoms with Crippen molar-refractivity contribution in [2.75, 3.05) is 19.8 Å². The third kappa shape index (κ3) is 3.46. The Morgan fingerprint density at radius 2 is 2.15 bits per heavy atom. The van der Waals surface area contributed by atoms with Crippen LogP contribution in [0.25, 0.3) is 0 Å². The van der Waals surface area contributed by atoms with Crippen LogP contribution in [0.4, 0.5) is 8.78 Å². The molecule has 0 aromatic heterocycles. The summed E-state index contributed by atoms with van der Waals surface area (Å²) >= 11 is 0. The molecule has 0 aliphatic heterocycles. The molecule has 0 heterocycles. The van der Waals surface area contributed by atoms with Crippen LogP contribution in [0.1, 0.15) is 26.2 Å². The number of nitrogens with one attached hydrogen (secondary N) is 1. The van der Waals surface area contributed by atoms with E-state index in [0.717, 1.165) is 37.9 Å². The minimum absolute atomic E-state index is 0.0168. The molecular formula is C15H21F2NO2. The number of benzene rings is 1. The molecule has 0 spiro atoms. The van der Waals surface area contributed by atoms with Gasteiger partial charge in [-0.25, -0.2) is 8.78 Å². The third-order valence-corrected chi connectivity index (χ3v) is 3.75. The molecule has 1 fully saturated rings. The minimum atomic E-state index is -0.719. The van der Waals surface area contributed by atoms with E-state index in [1.165, 1.54) is 6.07 Å². The quantitative estimate of drug-likeness (QED) is 0.771. The molecule has 1 aliphatic carbocycles. The van der Waals surface area contributed by atoms with E-state index in [0.29, 0.717) is 5.92 Å². The predicted octanol–water partition coefficient (Wildman–Crippen LogP) is 2.48. The first-order valence-electron chi connectivity index (χ1n) is 7.05. The van der Waals surface area contributed by atoms with Gasteiger partial charge in [0, 0.05) is 6.07 Å². The first-order valence-corrected chi connectivity index (χ1v) is 7.05. The van der Waals surface area contributed by atoms with Crippen LogP contribution >= 0.6 is 0 Å². The molecule has 1 aromatic rings. The van der Waals surface area contributed by atoms with Gasteiger partial charge in [-0.15, -0.1) is 0 Å². The van der Waals surface area contributed by atoms with Crippen molar-refractivity contribution in [3.63, 3.8) is 0 Å². The maximum absolute atomic E-state index is 13.6. The standard InChI is InChI=1S/C15H21F2NO2/c1-2-7-18-15(9-19,11-3-4-11)10-20-14-6-5-12(16)8-13(14)17/h5-6,8,11,18-19H,2-4,7,9-10H2,1H3. The van der Waals surface area contributed by atoms with Gasteiger partial charge in [-0.2, -0.15) is 0 Å². The van der Waals surface area contributed by atoms with Gasteiger partial charge in [0.15, 0.2) is 11.6 Å². The molecular weight excluding hydrogens is 264 g/mol. The highest BCUT2D eigenvalue weighted by Crippen LogP contribution is 2.40. The van der Waals surface area contributed by atoms with Crippen LogP contribution in [0, 0.1) is 17.6 Å². The Hall–Kier alpha value is -1.20. The topological polar surface area (TPSA) is 41.5 Å². The van der Waals surface area contributed by atoms with Crippen molar-refractivity contribution >= 4 is 0 Å². The van der Waals surface area contributed by atoms with E-state index in [9.17, 15) is 13.9 Å². The summed E-state index contributed by atoms with van der Waals surface area (Å²) in [5, 5.41) is 13.0. The average Bonchev–Trinajstić information content (AvgIpc) is 3.26. The molecule has 3 nitrogen and oxygen atoms in total. The van der Waals surface area contributed by atoms with Crippen LogP contribution in [0.2, 0.25) is 0 Å². The molecule has 0 bridgehead atoms. The lowest BCUT2D eigenvalue weighted by molar-refractivity contribution is 0.0832. The molecule has 2 rings (SSSR count). The van der Waals surface area contributed by atoms with E-state index in [2.05, 4.69) is 5.32 Å². The number of aliphatic hydroxyl groups excluding tert-OH is 1. The fourth-order valence-corrected chi connectivity index (χ4v) is 2.35. The van der Waals surface area contributed by atoms with Crippen molar-refractivity contribution in [1.29, 1.82) is 0 Å². The molecule has 1 aliphatic rings. The van der Waals surface area contributed by atoms with Gasteiger partial charge in [0.05, 0.1) is 12.1 Å². The zero-order valence-corrected chi connectivity index (χ0v) is 11.7. The Morgan fingerprint density at radius 3 is 2.70 bits per heavy atom. The summed E-state index contributed by atoms with van der Waals surface area (Å²) in [5.41, 5.74) is -0.531. The van der Waals surface area contributed by atoms with Crippen molar-refractivity contribution in [2.45, 2.75) is 31.7 Å². The number of hydrogen-bond donors (Lipinski definition) is 2. The van der Waals surface area contributed by atoms with Crippen LogP contribution in [0.5, 0.6) is 5.75 Å². The normalized spacial score (nSPS) is 17.8. The smallest absolute Gasteiger partial charge is 0.167 e. The summed E-state index contributed by atoms with van der Waals surface area (Å²) in [4.78, 5) is 0. The van der Waals surface area contributed by atoms with Gasteiger partial charge in [0.1, 0.15) is 12.4 Å². The number of rotatable bonds is 8. The molecule has 1 aromatic carbocycles. The zero-order chi connectivity index (χ0) is 14.6. The monoisotopic (exact) mass is 285 g/mol.